The van der Waals surface area contributed by atoms with Crippen molar-refractivity contribution in [2.75, 3.05) is 12.3 Å². The quantitative estimate of drug-likeness (QED) is 0.698. The number of hydrogen-bond donors (Lipinski definition) is 3. The Morgan fingerprint density at radius 3 is 3.05 bits per heavy atom. The van der Waals surface area contributed by atoms with Gasteiger partial charge in [0.25, 0.3) is 0 Å². The van der Waals surface area contributed by atoms with Crippen LogP contribution in [0.3, 0.4) is 0 Å². The number of aliphatic hydroxyl groups is 2. The van der Waals surface area contributed by atoms with Crippen LogP contribution in [0, 0.1) is 0 Å². The Labute approximate surface area is 109 Å². The van der Waals surface area contributed by atoms with Gasteiger partial charge in [0.1, 0.15) is 24.1 Å². The van der Waals surface area contributed by atoms with Crippen LogP contribution < -0.4 is 5.73 Å². The molecule has 7 nitrogen and oxygen atoms in total. The van der Waals surface area contributed by atoms with E-state index in [0.29, 0.717) is 17.8 Å². The van der Waals surface area contributed by atoms with Gasteiger partial charge in [-0.3, -0.25) is 0 Å². The van der Waals surface area contributed by atoms with E-state index in [4.69, 9.17) is 10.5 Å². The summed E-state index contributed by atoms with van der Waals surface area (Å²) >= 11 is 0. The molecule has 0 aromatic carbocycles. The molecule has 7 heteroatoms. The third-order valence-corrected chi connectivity index (χ3v) is 3.63. The van der Waals surface area contributed by atoms with Gasteiger partial charge in [0.05, 0.1) is 17.9 Å². The van der Waals surface area contributed by atoms with Gasteiger partial charge in [0.15, 0.2) is 5.82 Å². The third-order valence-electron chi connectivity index (χ3n) is 3.63. The number of nitrogens with zero attached hydrogens (tertiary/aromatic N) is 3. The number of aliphatic hydroxyl groups excluding tert-OH is 1. The molecule has 0 bridgehead atoms. The first-order valence-electron chi connectivity index (χ1n) is 6.10. The summed E-state index contributed by atoms with van der Waals surface area (Å²) in [5.74, 6) is 0.393. The molecule has 19 heavy (non-hydrogen) atoms. The van der Waals surface area contributed by atoms with Crippen molar-refractivity contribution in [1.82, 2.24) is 14.6 Å². The average molecular weight is 264 g/mol. The van der Waals surface area contributed by atoms with Gasteiger partial charge < -0.3 is 20.7 Å². The second kappa shape index (κ2) is 4.16. The van der Waals surface area contributed by atoms with Crippen molar-refractivity contribution >= 4 is 11.3 Å². The number of nitrogens with two attached hydrogens (primary N) is 1. The maximum atomic E-state index is 10.2. The van der Waals surface area contributed by atoms with E-state index in [9.17, 15) is 10.2 Å². The molecule has 2 aromatic heterocycles. The highest BCUT2D eigenvalue weighted by molar-refractivity contribution is 5.65. The van der Waals surface area contributed by atoms with Crippen molar-refractivity contribution in [1.29, 1.82) is 0 Å². The minimum Gasteiger partial charge on any atom is -0.394 e. The maximum Gasteiger partial charge on any atom is 0.151 e. The zero-order chi connectivity index (χ0) is 13.6. The summed E-state index contributed by atoms with van der Waals surface area (Å²) in [5.41, 5.74) is 6.21. The number of hydrogen-bond acceptors (Lipinski definition) is 6. The minimum atomic E-state index is -1.05. The first kappa shape index (κ1) is 12.3. The van der Waals surface area contributed by atoms with E-state index in [1.165, 1.54) is 6.33 Å². The zero-order valence-corrected chi connectivity index (χ0v) is 10.5. The van der Waals surface area contributed by atoms with Crippen molar-refractivity contribution in [3.8, 4) is 0 Å². The molecular weight excluding hydrogens is 248 g/mol. The molecule has 1 fully saturated rings. The second-order valence-corrected chi connectivity index (χ2v) is 5.06. The van der Waals surface area contributed by atoms with Gasteiger partial charge in [0, 0.05) is 6.42 Å². The zero-order valence-electron chi connectivity index (χ0n) is 10.5. The second-order valence-electron chi connectivity index (χ2n) is 5.06. The Hall–Kier alpha value is -1.70. The maximum absolute atomic E-state index is 10.2. The van der Waals surface area contributed by atoms with Gasteiger partial charge in [-0.25, -0.2) is 9.50 Å². The van der Waals surface area contributed by atoms with E-state index >= 15 is 0 Å². The molecule has 1 unspecified atom stereocenters. The Balaban J connectivity index is 2.00. The normalized spacial score (nSPS) is 31.1. The van der Waals surface area contributed by atoms with Gasteiger partial charge in [-0.1, -0.05) is 0 Å². The lowest BCUT2D eigenvalue weighted by Crippen LogP contribution is -2.37. The van der Waals surface area contributed by atoms with Gasteiger partial charge in [-0.05, 0) is 19.1 Å². The number of fused-ring (bicyclic) bond motifs is 1. The van der Waals surface area contributed by atoms with Crippen LogP contribution in [-0.4, -0.2) is 43.1 Å². The van der Waals surface area contributed by atoms with Crippen LogP contribution in [0.4, 0.5) is 5.82 Å². The summed E-state index contributed by atoms with van der Waals surface area (Å²) < 4.78 is 7.35. The van der Waals surface area contributed by atoms with E-state index < -0.39 is 11.7 Å². The first-order valence-corrected chi connectivity index (χ1v) is 6.10. The molecule has 0 amide bonds. The van der Waals surface area contributed by atoms with Crippen molar-refractivity contribution in [2.24, 2.45) is 0 Å². The van der Waals surface area contributed by atoms with E-state index in [2.05, 4.69) is 10.1 Å². The van der Waals surface area contributed by atoms with Crippen molar-refractivity contribution < 1.29 is 14.9 Å². The Kier molecular flexibility index (Phi) is 2.70. The molecule has 3 heterocycles. The number of anilines is 1. The van der Waals surface area contributed by atoms with Gasteiger partial charge in [-0.15, -0.1) is 0 Å². The summed E-state index contributed by atoms with van der Waals surface area (Å²) in [6.07, 6.45) is 0.850. The molecule has 102 valence electrons. The molecule has 0 spiro atoms. The lowest BCUT2D eigenvalue weighted by molar-refractivity contribution is -0.0636. The molecule has 1 saturated heterocycles. The molecule has 0 saturated carbocycles. The summed E-state index contributed by atoms with van der Waals surface area (Å²) in [5, 5.41) is 23.6. The minimum absolute atomic E-state index is 0.218. The fraction of sp³-hybridized carbons (Fsp3) is 0.500. The van der Waals surface area contributed by atoms with Crippen LogP contribution in [0.15, 0.2) is 18.5 Å². The van der Waals surface area contributed by atoms with Gasteiger partial charge in [0.2, 0.25) is 0 Å². The molecule has 3 atom stereocenters. The van der Waals surface area contributed by atoms with Crippen molar-refractivity contribution in [3.63, 3.8) is 0 Å². The van der Waals surface area contributed by atoms with Crippen LogP contribution >= 0.6 is 0 Å². The van der Waals surface area contributed by atoms with Crippen LogP contribution in [0.1, 0.15) is 25.1 Å². The number of rotatable bonds is 2. The highest BCUT2D eigenvalue weighted by atomic mass is 16.5. The Morgan fingerprint density at radius 1 is 1.58 bits per heavy atom. The van der Waals surface area contributed by atoms with E-state index in [1.54, 1.807) is 11.4 Å². The fourth-order valence-corrected chi connectivity index (χ4v) is 2.53. The monoisotopic (exact) mass is 264 g/mol. The van der Waals surface area contributed by atoms with Gasteiger partial charge in [-0.2, -0.15) is 5.10 Å². The summed E-state index contributed by atoms with van der Waals surface area (Å²) in [6.45, 7) is 1.44. The smallest absolute Gasteiger partial charge is 0.151 e. The number of ether oxygens (including phenoxy) is 1. The molecular formula is C12H16N4O3. The van der Waals surface area contributed by atoms with Gasteiger partial charge >= 0.3 is 0 Å². The lowest BCUT2D eigenvalue weighted by Gasteiger charge is -2.20. The summed E-state index contributed by atoms with van der Waals surface area (Å²) in [6, 6.07) is 3.66. The molecule has 1 aliphatic heterocycles. The molecule has 0 radical (unpaired) electrons. The Morgan fingerprint density at radius 2 is 2.37 bits per heavy atom. The predicted octanol–water partition coefficient (Wildman–Crippen LogP) is -0.115. The number of aromatic nitrogens is 3. The molecule has 3 rings (SSSR count). The highest BCUT2D eigenvalue weighted by Gasteiger charge is 2.44. The molecule has 2 aromatic rings. The van der Waals surface area contributed by atoms with E-state index in [1.807, 2.05) is 12.1 Å². The van der Waals surface area contributed by atoms with Crippen molar-refractivity contribution in [2.45, 2.75) is 31.2 Å². The Bertz CT molecular complexity index is 610. The summed E-state index contributed by atoms with van der Waals surface area (Å²) in [4.78, 5) is 3.92. The standard InChI is InChI=1S/C12H16N4O3/c1-12(18)4-9(19-10(12)5-17)7-2-3-8-11(13)14-6-15-16(7)8/h2-3,6,9-10,17-18H,4-5H2,1H3,(H2,13,14,15)/t9-,10?,12+/m1/s1. The molecule has 1 aliphatic rings. The highest BCUT2D eigenvalue weighted by Crippen LogP contribution is 2.39. The van der Waals surface area contributed by atoms with Crippen LogP contribution in [-0.2, 0) is 4.74 Å². The first-order chi connectivity index (χ1) is 9.03. The van der Waals surface area contributed by atoms with E-state index in [0.717, 1.165) is 5.69 Å². The van der Waals surface area contributed by atoms with Crippen LogP contribution in [0.25, 0.3) is 5.52 Å². The SMILES string of the molecule is C[C@]1(O)C[C@H](c2ccc3c(N)ncnn23)OC1CO. The fourth-order valence-electron chi connectivity index (χ4n) is 2.53. The van der Waals surface area contributed by atoms with Crippen LogP contribution in [0.2, 0.25) is 0 Å². The predicted molar refractivity (Wildman–Crippen MR) is 67.3 cm³/mol. The summed E-state index contributed by atoms with van der Waals surface area (Å²) in [7, 11) is 0. The molecule has 0 aliphatic carbocycles. The lowest BCUT2D eigenvalue weighted by atomic mass is 9.96. The third kappa shape index (κ3) is 1.86. The number of nitrogen functional groups attached to an aromatic ring is 1. The van der Waals surface area contributed by atoms with Crippen molar-refractivity contribution in [3.05, 3.63) is 24.2 Å². The average Bonchev–Trinajstić information content (AvgIpc) is 2.90. The van der Waals surface area contributed by atoms with Crippen LogP contribution in [0.5, 0.6) is 0 Å². The molecule has 4 N–H and O–H groups in total. The van der Waals surface area contributed by atoms with E-state index in [-0.39, 0.29) is 12.7 Å². The largest absolute Gasteiger partial charge is 0.394 e. The topological polar surface area (TPSA) is 106 Å².